The molecule has 0 bridgehead atoms. The summed E-state index contributed by atoms with van der Waals surface area (Å²) in [7, 11) is 0. The summed E-state index contributed by atoms with van der Waals surface area (Å²) in [5, 5.41) is 8.85. The predicted molar refractivity (Wildman–Crippen MR) is 54.9 cm³/mol. The van der Waals surface area contributed by atoms with Gasteiger partial charge in [-0.2, -0.15) is 4.57 Å². The highest BCUT2D eigenvalue weighted by Crippen LogP contribution is 2.04. The van der Waals surface area contributed by atoms with Crippen molar-refractivity contribution in [1.29, 1.82) is 0 Å². The van der Waals surface area contributed by atoms with Gasteiger partial charge in [-0.1, -0.05) is 12.1 Å². The third-order valence-corrected chi connectivity index (χ3v) is 2.11. The monoisotopic (exact) mass is 200 g/mol. The summed E-state index contributed by atoms with van der Waals surface area (Å²) in [4.78, 5) is 10.8. The van der Waals surface area contributed by atoms with Crippen LogP contribution in [0.4, 0.5) is 0 Å². The molecule has 0 aliphatic carbocycles. The van der Waals surface area contributed by atoms with Crippen molar-refractivity contribution >= 4 is 5.97 Å². The number of benzene rings is 1. The lowest BCUT2D eigenvalue weighted by Gasteiger charge is -1.96. The first kappa shape index (κ1) is 9.40. The van der Waals surface area contributed by atoms with Crippen LogP contribution in [-0.2, 0) is 0 Å². The van der Waals surface area contributed by atoms with Gasteiger partial charge in [0.25, 0.3) is 0 Å². The Balaban J connectivity index is 2.46. The maximum Gasteiger partial charge on any atom is 0.335 e. The van der Waals surface area contributed by atoms with Gasteiger partial charge in [0.15, 0.2) is 12.4 Å². The van der Waals surface area contributed by atoms with E-state index in [2.05, 4.69) is 0 Å². The molecule has 0 fully saturated rings. The van der Waals surface area contributed by atoms with Gasteiger partial charge in [-0.15, -0.1) is 0 Å². The summed E-state index contributed by atoms with van der Waals surface area (Å²) >= 11 is 0. The van der Waals surface area contributed by atoms with Crippen LogP contribution in [0.5, 0.6) is 0 Å². The lowest BCUT2D eigenvalue weighted by molar-refractivity contribution is -0.595. The number of rotatable bonds is 2. The second kappa shape index (κ2) is 3.92. The number of hydrogen-bond acceptors (Lipinski definition) is 1. The summed E-state index contributed by atoms with van der Waals surface area (Å²) in [6.45, 7) is 0. The van der Waals surface area contributed by atoms with Crippen molar-refractivity contribution in [2.45, 2.75) is 0 Å². The van der Waals surface area contributed by atoms with E-state index in [9.17, 15) is 4.79 Å². The van der Waals surface area contributed by atoms with Crippen LogP contribution in [-0.4, -0.2) is 11.1 Å². The van der Waals surface area contributed by atoms with E-state index >= 15 is 0 Å². The highest BCUT2D eigenvalue weighted by Gasteiger charge is 2.08. The highest BCUT2D eigenvalue weighted by molar-refractivity contribution is 5.88. The first-order valence-electron chi connectivity index (χ1n) is 4.57. The number of carbonyl (C=O) groups is 1. The Hall–Kier alpha value is -2.16. The van der Waals surface area contributed by atoms with Gasteiger partial charge in [-0.3, -0.25) is 0 Å². The topological polar surface area (TPSA) is 41.2 Å². The standard InChI is InChI=1S/C12H9NO2/c14-12(15)10-5-4-6-11(9-10)13-7-2-1-3-8-13/h1-9H/p+1. The molecule has 0 amide bonds. The minimum absolute atomic E-state index is 0.295. The van der Waals surface area contributed by atoms with Crippen molar-refractivity contribution in [1.82, 2.24) is 0 Å². The van der Waals surface area contributed by atoms with Crippen LogP contribution < -0.4 is 4.57 Å². The zero-order valence-corrected chi connectivity index (χ0v) is 8.00. The lowest BCUT2D eigenvalue weighted by Crippen LogP contribution is -2.29. The fourth-order valence-corrected chi connectivity index (χ4v) is 1.37. The molecule has 0 atom stereocenters. The minimum atomic E-state index is -0.909. The molecule has 1 heterocycles. The Kier molecular flexibility index (Phi) is 2.46. The molecule has 0 saturated carbocycles. The van der Waals surface area contributed by atoms with Crippen LogP contribution in [0.25, 0.3) is 5.69 Å². The largest absolute Gasteiger partial charge is 0.478 e. The fraction of sp³-hybridized carbons (Fsp3) is 0. The first-order chi connectivity index (χ1) is 7.27. The highest BCUT2D eigenvalue weighted by atomic mass is 16.4. The molecular formula is C12H10NO2+. The minimum Gasteiger partial charge on any atom is -0.478 e. The second-order valence-corrected chi connectivity index (χ2v) is 3.14. The summed E-state index contributed by atoms with van der Waals surface area (Å²) in [5.74, 6) is -0.909. The van der Waals surface area contributed by atoms with Crippen molar-refractivity contribution in [3.8, 4) is 5.69 Å². The molecule has 0 radical (unpaired) electrons. The molecule has 74 valence electrons. The summed E-state index contributed by atoms with van der Waals surface area (Å²) in [5.41, 5.74) is 1.14. The maximum atomic E-state index is 10.8. The SMILES string of the molecule is O=C(O)c1cccc(-[n+]2ccccc2)c1. The van der Waals surface area contributed by atoms with E-state index in [1.807, 2.05) is 41.2 Å². The Labute approximate surface area is 87.2 Å². The van der Waals surface area contributed by atoms with Crippen LogP contribution in [0.2, 0.25) is 0 Å². The molecule has 0 saturated heterocycles. The van der Waals surface area contributed by atoms with Gasteiger partial charge in [0.05, 0.1) is 5.56 Å². The summed E-state index contributed by atoms with van der Waals surface area (Å²) < 4.78 is 1.87. The number of aromatic carboxylic acids is 1. The average molecular weight is 200 g/mol. The number of hydrogen-bond donors (Lipinski definition) is 1. The predicted octanol–water partition coefficient (Wildman–Crippen LogP) is 1.66. The van der Waals surface area contributed by atoms with E-state index in [1.54, 1.807) is 18.2 Å². The average Bonchev–Trinajstić information content (AvgIpc) is 2.30. The molecule has 0 spiro atoms. The van der Waals surface area contributed by atoms with Crippen molar-refractivity contribution in [3.63, 3.8) is 0 Å². The quantitative estimate of drug-likeness (QED) is 0.749. The molecule has 15 heavy (non-hydrogen) atoms. The van der Waals surface area contributed by atoms with Gasteiger partial charge in [0.2, 0.25) is 5.69 Å². The van der Waals surface area contributed by atoms with Crippen LogP contribution in [0, 0.1) is 0 Å². The fourth-order valence-electron chi connectivity index (χ4n) is 1.37. The molecule has 1 aromatic carbocycles. The molecule has 2 rings (SSSR count). The van der Waals surface area contributed by atoms with Gasteiger partial charge >= 0.3 is 5.97 Å². The van der Waals surface area contributed by atoms with Gasteiger partial charge < -0.3 is 5.11 Å². The van der Waals surface area contributed by atoms with Crippen LogP contribution >= 0.6 is 0 Å². The van der Waals surface area contributed by atoms with E-state index in [0.29, 0.717) is 5.56 Å². The molecule has 1 aromatic heterocycles. The van der Waals surface area contributed by atoms with E-state index < -0.39 is 5.97 Å². The molecular weight excluding hydrogens is 190 g/mol. The normalized spacial score (nSPS) is 9.87. The van der Waals surface area contributed by atoms with Gasteiger partial charge in [-0.25, -0.2) is 4.79 Å². The van der Waals surface area contributed by atoms with Crippen molar-refractivity contribution in [2.75, 3.05) is 0 Å². The Bertz CT molecular complexity index is 480. The van der Waals surface area contributed by atoms with E-state index in [1.165, 1.54) is 0 Å². The maximum absolute atomic E-state index is 10.8. The van der Waals surface area contributed by atoms with Crippen molar-refractivity contribution in [3.05, 3.63) is 60.4 Å². The Morgan fingerprint density at radius 1 is 1.07 bits per heavy atom. The zero-order chi connectivity index (χ0) is 10.7. The molecule has 0 aliphatic heterocycles. The molecule has 2 aromatic rings. The van der Waals surface area contributed by atoms with Crippen molar-refractivity contribution < 1.29 is 14.5 Å². The van der Waals surface area contributed by atoms with Crippen LogP contribution in [0.3, 0.4) is 0 Å². The molecule has 3 nitrogen and oxygen atoms in total. The molecule has 0 unspecified atom stereocenters. The summed E-state index contributed by atoms with van der Waals surface area (Å²) in [6, 6.07) is 12.5. The first-order valence-corrected chi connectivity index (χ1v) is 4.57. The Morgan fingerprint density at radius 2 is 1.80 bits per heavy atom. The number of pyridine rings is 1. The van der Waals surface area contributed by atoms with Crippen LogP contribution in [0.1, 0.15) is 10.4 Å². The van der Waals surface area contributed by atoms with Gasteiger partial charge in [-0.05, 0) is 6.07 Å². The van der Waals surface area contributed by atoms with Gasteiger partial charge in [0.1, 0.15) is 0 Å². The number of nitrogens with zero attached hydrogens (tertiary/aromatic N) is 1. The number of carboxylic acid groups (broad SMARTS) is 1. The third kappa shape index (κ3) is 2.02. The summed E-state index contributed by atoms with van der Waals surface area (Å²) in [6.07, 6.45) is 3.75. The molecule has 3 heteroatoms. The van der Waals surface area contributed by atoms with Crippen molar-refractivity contribution in [2.24, 2.45) is 0 Å². The van der Waals surface area contributed by atoms with Crippen LogP contribution in [0.15, 0.2) is 54.9 Å². The van der Waals surface area contributed by atoms with E-state index in [-0.39, 0.29) is 0 Å². The van der Waals surface area contributed by atoms with E-state index in [0.717, 1.165) is 5.69 Å². The molecule has 0 aliphatic rings. The van der Waals surface area contributed by atoms with E-state index in [4.69, 9.17) is 5.11 Å². The number of aromatic nitrogens is 1. The third-order valence-electron chi connectivity index (χ3n) is 2.11. The van der Waals surface area contributed by atoms with Gasteiger partial charge in [0, 0.05) is 24.3 Å². The Morgan fingerprint density at radius 3 is 2.47 bits per heavy atom. The lowest BCUT2D eigenvalue weighted by atomic mass is 10.2. The zero-order valence-electron chi connectivity index (χ0n) is 8.00. The second-order valence-electron chi connectivity index (χ2n) is 3.14. The number of carboxylic acids is 1. The molecule has 1 N–H and O–H groups in total. The smallest absolute Gasteiger partial charge is 0.335 e.